The molecule has 0 heterocycles. The minimum Gasteiger partial charge on any atom is -0.327 e. The molecule has 0 amide bonds. The van der Waals surface area contributed by atoms with E-state index in [0.29, 0.717) is 6.42 Å². The van der Waals surface area contributed by atoms with E-state index in [0.717, 1.165) is 12.2 Å². The van der Waals surface area contributed by atoms with Gasteiger partial charge in [0.05, 0.1) is 0 Å². The van der Waals surface area contributed by atoms with Gasteiger partial charge in [0.2, 0.25) is 0 Å². The summed E-state index contributed by atoms with van der Waals surface area (Å²) in [5.41, 5.74) is 7.24. The third-order valence-corrected chi connectivity index (χ3v) is 5.03. The number of thioether (sulfide) groups is 1. The van der Waals surface area contributed by atoms with E-state index in [9.17, 15) is 8.42 Å². The molecule has 0 bridgehead atoms. The smallest absolute Gasteiger partial charge is 0.147 e. The van der Waals surface area contributed by atoms with Gasteiger partial charge in [0.1, 0.15) is 9.84 Å². The summed E-state index contributed by atoms with van der Waals surface area (Å²) < 4.78 is 22.0. The van der Waals surface area contributed by atoms with Crippen LogP contribution in [-0.4, -0.2) is 32.2 Å². The predicted molar refractivity (Wildman–Crippen MR) is 78.8 cm³/mol. The Balaban J connectivity index is 2.29. The zero-order chi connectivity index (χ0) is 13.6. The topological polar surface area (TPSA) is 60.2 Å². The number of nitrogens with two attached hydrogens (primary N) is 1. The Hall–Kier alpha value is -0.520. The molecule has 1 aromatic rings. The van der Waals surface area contributed by atoms with Crippen LogP contribution in [0.15, 0.2) is 29.2 Å². The maximum absolute atomic E-state index is 11.0. The highest BCUT2D eigenvalue weighted by molar-refractivity contribution is 7.99. The van der Waals surface area contributed by atoms with E-state index in [1.54, 1.807) is 11.8 Å². The molecule has 18 heavy (non-hydrogen) atoms. The first-order chi connectivity index (χ1) is 8.38. The van der Waals surface area contributed by atoms with Crippen LogP contribution in [0, 0.1) is 6.92 Å². The van der Waals surface area contributed by atoms with Crippen LogP contribution in [0.25, 0.3) is 0 Å². The molecule has 1 unspecified atom stereocenters. The summed E-state index contributed by atoms with van der Waals surface area (Å²) in [6.07, 6.45) is 2.67. The minimum absolute atomic E-state index is 0.0522. The number of rotatable bonds is 7. The third-order valence-electron chi connectivity index (χ3n) is 2.64. The zero-order valence-corrected chi connectivity index (χ0v) is 12.6. The van der Waals surface area contributed by atoms with Gasteiger partial charge in [-0.3, -0.25) is 0 Å². The van der Waals surface area contributed by atoms with Crippen molar-refractivity contribution in [3.05, 3.63) is 29.8 Å². The van der Waals surface area contributed by atoms with E-state index < -0.39 is 9.84 Å². The fourth-order valence-corrected chi connectivity index (χ4v) is 3.33. The molecular weight excluding hydrogens is 266 g/mol. The SMILES string of the molecule is Cc1ccccc1SCC(N)CCCS(C)(=O)=O. The van der Waals surface area contributed by atoms with E-state index in [-0.39, 0.29) is 11.8 Å². The van der Waals surface area contributed by atoms with Gasteiger partial charge >= 0.3 is 0 Å². The van der Waals surface area contributed by atoms with Gasteiger partial charge in [-0.05, 0) is 31.4 Å². The van der Waals surface area contributed by atoms with Crippen LogP contribution >= 0.6 is 11.8 Å². The lowest BCUT2D eigenvalue weighted by atomic mass is 10.2. The normalized spacial score (nSPS) is 13.5. The van der Waals surface area contributed by atoms with Gasteiger partial charge in [0, 0.05) is 28.7 Å². The first-order valence-corrected chi connectivity index (χ1v) is 9.05. The number of aryl methyl sites for hydroxylation is 1. The summed E-state index contributed by atoms with van der Waals surface area (Å²) >= 11 is 1.74. The first-order valence-electron chi connectivity index (χ1n) is 6.00. The van der Waals surface area contributed by atoms with Crippen LogP contribution in [0.3, 0.4) is 0 Å². The second kappa shape index (κ2) is 7.16. The maximum Gasteiger partial charge on any atom is 0.147 e. The molecular formula is C13H21NO2S2. The summed E-state index contributed by atoms with van der Waals surface area (Å²) in [5, 5.41) is 0. The molecule has 0 saturated carbocycles. The third kappa shape index (κ3) is 6.42. The van der Waals surface area contributed by atoms with Crippen LogP contribution < -0.4 is 5.73 Å². The molecule has 0 aromatic heterocycles. The lowest BCUT2D eigenvalue weighted by molar-refractivity contribution is 0.591. The fraction of sp³-hybridized carbons (Fsp3) is 0.538. The zero-order valence-electron chi connectivity index (χ0n) is 10.9. The molecule has 3 nitrogen and oxygen atoms in total. The highest BCUT2D eigenvalue weighted by Gasteiger charge is 2.07. The van der Waals surface area contributed by atoms with Gasteiger partial charge < -0.3 is 5.73 Å². The first kappa shape index (κ1) is 15.5. The van der Waals surface area contributed by atoms with E-state index in [2.05, 4.69) is 19.1 Å². The summed E-state index contributed by atoms with van der Waals surface area (Å²) in [6, 6.07) is 8.26. The summed E-state index contributed by atoms with van der Waals surface area (Å²) in [4.78, 5) is 1.25. The lowest BCUT2D eigenvalue weighted by Gasteiger charge is -2.11. The van der Waals surface area contributed by atoms with Crippen molar-refractivity contribution in [1.29, 1.82) is 0 Å². The van der Waals surface area contributed by atoms with E-state index >= 15 is 0 Å². The van der Waals surface area contributed by atoms with Gasteiger partial charge in [-0.25, -0.2) is 8.42 Å². The average Bonchev–Trinajstić information content (AvgIpc) is 2.26. The Morgan fingerprint density at radius 2 is 2.00 bits per heavy atom. The summed E-state index contributed by atoms with van der Waals surface area (Å²) in [5.74, 6) is 1.06. The Labute approximate surface area is 114 Å². The molecule has 0 radical (unpaired) electrons. The Kier molecular flexibility index (Phi) is 6.18. The number of hydrogen-bond acceptors (Lipinski definition) is 4. The van der Waals surface area contributed by atoms with Gasteiger partial charge in [0.25, 0.3) is 0 Å². The largest absolute Gasteiger partial charge is 0.327 e. The summed E-state index contributed by atoms with van der Waals surface area (Å²) in [7, 11) is -2.86. The maximum atomic E-state index is 11.0. The summed E-state index contributed by atoms with van der Waals surface area (Å²) in [6.45, 7) is 2.08. The van der Waals surface area contributed by atoms with Crippen molar-refractivity contribution >= 4 is 21.6 Å². The molecule has 1 atom stereocenters. The van der Waals surface area contributed by atoms with Crippen molar-refractivity contribution in [2.24, 2.45) is 5.73 Å². The molecule has 0 fully saturated rings. The second-order valence-corrected chi connectivity index (χ2v) is 7.93. The van der Waals surface area contributed by atoms with Crippen molar-refractivity contribution in [2.45, 2.75) is 30.7 Å². The van der Waals surface area contributed by atoms with Crippen LogP contribution in [0.1, 0.15) is 18.4 Å². The molecule has 102 valence electrons. The molecule has 0 spiro atoms. The molecule has 2 N–H and O–H groups in total. The minimum atomic E-state index is -2.86. The van der Waals surface area contributed by atoms with Crippen LogP contribution in [0.2, 0.25) is 0 Å². The van der Waals surface area contributed by atoms with E-state index in [1.807, 2.05) is 12.1 Å². The van der Waals surface area contributed by atoms with Crippen LogP contribution in [0.4, 0.5) is 0 Å². The van der Waals surface area contributed by atoms with Gasteiger partial charge in [-0.2, -0.15) is 0 Å². The van der Waals surface area contributed by atoms with Crippen LogP contribution in [0.5, 0.6) is 0 Å². The van der Waals surface area contributed by atoms with Crippen molar-refractivity contribution in [2.75, 3.05) is 17.8 Å². The average molecular weight is 287 g/mol. The molecule has 0 aliphatic heterocycles. The Morgan fingerprint density at radius 3 is 2.61 bits per heavy atom. The quantitative estimate of drug-likeness (QED) is 0.781. The van der Waals surface area contributed by atoms with Gasteiger partial charge in [-0.1, -0.05) is 18.2 Å². The molecule has 0 aliphatic rings. The number of sulfone groups is 1. The van der Waals surface area contributed by atoms with Crippen molar-refractivity contribution in [3.63, 3.8) is 0 Å². The Morgan fingerprint density at radius 1 is 1.33 bits per heavy atom. The van der Waals surface area contributed by atoms with Crippen molar-refractivity contribution < 1.29 is 8.42 Å². The molecule has 5 heteroatoms. The molecule has 1 aromatic carbocycles. The molecule has 1 rings (SSSR count). The van der Waals surface area contributed by atoms with Crippen molar-refractivity contribution in [1.82, 2.24) is 0 Å². The number of benzene rings is 1. The van der Waals surface area contributed by atoms with Gasteiger partial charge in [0.15, 0.2) is 0 Å². The predicted octanol–water partition coefficient (Wildman–Crippen LogP) is 2.24. The van der Waals surface area contributed by atoms with E-state index in [4.69, 9.17) is 5.73 Å². The Bertz CT molecular complexity index is 472. The monoisotopic (exact) mass is 287 g/mol. The highest BCUT2D eigenvalue weighted by atomic mass is 32.2. The molecule has 0 aliphatic carbocycles. The highest BCUT2D eigenvalue weighted by Crippen LogP contribution is 2.22. The van der Waals surface area contributed by atoms with E-state index in [1.165, 1.54) is 16.7 Å². The second-order valence-electron chi connectivity index (χ2n) is 4.61. The van der Waals surface area contributed by atoms with Crippen LogP contribution in [-0.2, 0) is 9.84 Å². The number of hydrogen-bond donors (Lipinski definition) is 1. The molecule has 0 saturated heterocycles. The van der Waals surface area contributed by atoms with Gasteiger partial charge in [-0.15, -0.1) is 11.8 Å². The van der Waals surface area contributed by atoms with Crippen molar-refractivity contribution in [3.8, 4) is 0 Å². The standard InChI is InChI=1S/C13H21NO2S2/c1-11-6-3-4-8-13(11)17-10-12(14)7-5-9-18(2,15)16/h3-4,6,8,12H,5,7,9-10,14H2,1-2H3. The lowest BCUT2D eigenvalue weighted by Crippen LogP contribution is -2.23. The fourth-order valence-electron chi connectivity index (χ4n) is 1.61.